The number of rotatable bonds is 4. The fourth-order valence-electron chi connectivity index (χ4n) is 3.41. The fraction of sp³-hybridized carbons (Fsp3) is 0.500. The highest BCUT2D eigenvalue weighted by Crippen LogP contribution is 2.23. The van der Waals surface area contributed by atoms with Crippen molar-refractivity contribution in [2.45, 2.75) is 26.3 Å². The molecule has 1 aliphatic rings. The van der Waals surface area contributed by atoms with Gasteiger partial charge in [-0.2, -0.15) is 0 Å². The third-order valence-electron chi connectivity index (χ3n) is 4.72. The molecule has 1 saturated heterocycles. The van der Waals surface area contributed by atoms with Crippen LogP contribution in [0, 0.1) is 5.92 Å². The molecular weight excluding hydrogens is 370 g/mol. The fourth-order valence-corrected chi connectivity index (χ4v) is 3.66. The van der Waals surface area contributed by atoms with Crippen LogP contribution in [0.25, 0.3) is 10.9 Å². The first-order valence-electron chi connectivity index (χ1n) is 8.99. The summed E-state index contributed by atoms with van der Waals surface area (Å²) in [6.45, 7) is 5.50. The summed E-state index contributed by atoms with van der Waals surface area (Å²) in [5, 5.41) is 11.7. The molecule has 2 aromatic rings. The molecule has 1 aliphatic heterocycles. The predicted octanol–water partition coefficient (Wildman–Crippen LogP) is 2.03. The van der Waals surface area contributed by atoms with Crippen molar-refractivity contribution in [2.24, 2.45) is 11.7 Å². The van der Waals surface area contributed by atoms with E-state index in [2.05, 4.69) is 18.8 Å². The van der Waals surface area contributed by atoms with Gasteiger partial charge in [0.15, 0.2) is 0 Å². The average molecular weight is 394 g/mol. The van der Waals surface area contributed by atoms with E-state index in [0.29, 0.717) is 60.3 Å². The number of carbonyl (C=O) groups is 1. The number of nitrogens with zero attached hydrogens (tertiary/aromatic N) is 4. The van der Waals surface area contributed by atoms with Crippen molar-refractivity contribution < 1.29 is 9.90 Å². The van der Waals surface area contributed by atoms with Crippen molar-refractivity contribution in [1.29, 1.82) is 0 Å². The first kappa shape index (κ1) is 19.4. The molecule has 3 rings (SSSR count). The molecule has 1 amide bonds. The summed E-state index contributed by atoms with van der Waals surface area (Å²) in [6, 6.07) is 4.75. The third-order valence-corrected chi connectivity index (χ3v) is 5.03. The molecule has 27 heavy (non-hydrogen) atoms. The molecule has 0 bridgehead atoms. The van der Waals surface area contributed by atoms with Crippen LogP contribution in [0.2, 0.25) is 5.02 Å². The van der Waals surface area contributed by atoms with Crippen LogP contribution in [-0.2, 0) is 0 Å². The Bertz CT molecular complexity index is 906. The standard InChI is InChI=1S/C18H24ClN5O3/c1-11(2)10-13(20)16-21-14-5-3-4-12(19)15(14)17(25)24(16)23-8-6-22(7-9-23)18(26)27/h3-5,11,13H,6-10,20H2,1-2H3,(H,26,27)/t13-/m0/s1. The van der Waals surface area contributed by atoms with Crippen LogP contribution in [0.15, 0.2) is 23.0 Å². The molecule has 0 spiro atoms. The molecule has 3 N–H and O–H groups in total. The number of carboxylic acid groups (broad SMARTS) is 1. The average Bonchev–Trinajstić information content (AvgIpc) is 2.61. The summed E-state index contributed by atoms with van der Waals surface area (Å²) < 4.78 is 1.50. The highest BCUT2D eigenvalue weighted by Gasteiger charge is 2.26. The maximum atomic E-state index is 13.3. The van der Waals surface area contributed by atoms with E-state index in [1.165, 1.54) is 9.58 Å². The lowest BCUT2D eigenvalue weighted by molar-refractivity contribution is 0.139. The van der Waals surface area contributed by atoms with Crippen molar-refractivity contribution >= 4 is 28.6 Å². The van der Waals surface area contributed by atoms with E-state index in [-0.39, 0.29) is 5.56 Å². The number of hydrogen-bond acceptors (Lipinski definition) is 5. The zero-order valence-corrected chi connectivity index (χ0v) is 16.2. The van der Waals surface area contributed by atoms with Gasteiger partial charge in [0.25, 0.3) is 5.56 Å². The van der Waals surface area contributed by atoms with E-state index < -0.39 is 12.1 Å². The molecule has 1 atom stereocenters. The number of amides is 1. The van der Waals surface area contributed by atoms with Crippen LogP contribution in [0.4, 0.5) is 4.79 Å². The molecule has 1 aromatic heterocycles. The zero-order chi connectivity index (χ0) is 19.7. The Kier molecular flexibility index (Phi) is 5.57. The van der Waals surface area contributed by atoms with Crippen LogP contribution in [0.1, 0.15) is 32.1 Å². The van der Waals surface area contributed by atoms with Crippen LogP contribution in [0.3, 0.4) is 0 Å². The maximum Gasteiger partial charge on any atom is 0.407 e. The van der Waals surface area contributed by atoms with Gasteiger partial charge in [-0.25, -0.2) is 14.5 Å². The molecule has 9 heteroatoms. The molecule has 0 aliphatic carbocycles. The monoisotopic (exact) mass is 393 g/mol. The number of halogens is 1. The molecule has 146 valence electrons. The van der Waals surface area contributed by atoms with Gasteiger partial charge in [0.1, 0.15) is 5.82 Å². The van der Waals surface area contributed by atoms with Crippen LogP contribution >= 0.6 is 11.6 Å². The Morgan fingerprint density at radius 1 is 1.30 bits per heavy atom. The van der Waals surface area contributed by atoms with E-state index in [9.17, 15) is 9.59 Å². The minimum atomic E-state index is -0.960. The van der Waals surface area contributed by atoms with E-state index in [1.807, 2.05) is 5.01 Å². The Morgan fingerprint density at radius 2 is 1.96 bits per heavy atom. The third kappa shape index (κ3) is 3.86. The van der Waals surface area contributed by atoms with E-state index >= 15 is 0 Å². The molecule has 2 heterocycles. The van der Waals surface area contributed by atoms with Crippen molar-refractivity contribution in [3.8, 4) is 0 Å². The minimum absolute atomic E-state index is 0.274. The number of hydrogen-bond donors (Lipinski definition) is 2. The van der Waals surface area contributed by atoms with Crippen molar-refractivity contribution in [3.05, 3.63) is 39.4 Å². The lowest BCUT2D eigenvalue weighted by atomic mass is 10.0. The lowest BCUT2D eigenvalue weighted by Gasteiger charge is -2.37. The summed E-state index contributed by atoms with van der Waals surface area (Å²) in [6.07, 6.45) is -0.286. The van der Waals surface area contributed by atoms with Crippen LogP contribution < -0.4 is 16.3 Å². The predicted molar refractivity (Wildman–Crippen MR) is 105 cm³/mol. The highest BCUT2D eigenvalue weighted by atomic mass is 35.5. The molecule has 0 radical (unpaired) electrons. The second-order valence-corrected chi connectivity index (χ2v) is 7.59. The van der Waals surface area contributed by atoms with Crippen molar-refractivity contribution in [1.82, 2.24) is 14.6 Å². The second kappa shape index (κ2) is 7.74. The largest absolute Gasteiger partial charge is 0.465 e. The van der Waals surface area contributed by atoms with Crippen molar-refractivity contribution in [2.75, 3.05) is 31.2 Å². The quantitative estimate of drug-likeness (QED) is 0.823. The molecular formula is C18H24ClN5O3. The Morgan fingerprint density at radius 3 is 2.56 bits per heavy atom. The van der Waals surface area contributed by atoms with Gasteiger partial charge in [0, 0.05) is 13.1 Å². The number of benzene rings is 1. The highest BCUT2D eigenvalue weighted by molar-refractivity contribution is 6.35. The normalized spacial score (nSPS) is 16.2. The number of fused-ring (bicyclic) bond motifs is 1. The van der Waals surface area contributed by atoms with E-state index in [0.717, 1.165) is 0 Å². The Hall–Kier alpha value is -2.32. The molecule has 0 saturated carbocycles. The van der Waals surface area contributed by atoms with Crippen molar-refractivity contribution in [3.63, 3.8) is 0 Å². The van der Waals surface area contributed by atoms with Gasteiger partial charge in [-0.3, -0.25) is 4.79 Å². The van der Waals surface area contributed by atoms with E-state index in [4.69, 9.17) is 22.4 Å². The summed E-state index contributed by atoms with van der Waals surface area (Å²) in [5.41, 5.74) is 6.63. The molecule has 1 fully saturated rings. The van der Waals surface area contributed by atoms with Gasteiger partial charge in [-0.1, -0.05) is 31.5 Å². The molecule has 1 aromatic carbocycles. The minimum Gasteiger partial charge on any atom is -0.465 e. The zero-order valence-electron chi connectivity index (χ0n) is 15.4. The van der Waals surface area contributed by atoms with Gasteiger partial charge >= 0.3 is 6.09 Å². The summed E-state index contributed by atoms with van der Waals surface area (Å²) in [4.78, 5) is 30.4. The summed E-state index contributed by atoms with van der Waals surface area (Å²) in [5.74, 6) is 0.816. The number of aromatic nitrogens is 2. The first-order chi connectivity index (χ1) is 12.8. The number of piperazine rings is 1. The second-order valence-electron chi connectivity index (χ2n) is 7.18. The molecule has 8 nitrogen and oxygen atoms in total. The smallest absolute Gasteiger partial charge is 0.407 e. The maximum absolute atomic E-state index is 13.3. The van der Waals surface area contributed by atoms with Gasteiger partial charge < -0.3 is 20.7 Å². The first-order valence-corrected chi connectivity index (χ1v) is 9.37. The van der Waals surface area contributed by atoms with Gasteiger partial charge in [0.2, 0.25) is 0 Å². The van der Waals surface area contributed by atoms with Gasteiger partial charge in [0.05, 0.1) is 35.1 Å². The lowest BCUT2D eigenvalue weighted by Crippen LogP contribution is -2.56. The SMILES string of the molecule is CC(C)C[C@H](N)c1nc2cccc(Cl)c2c(=O)n1N1CCN(C(=O)O)CC1. The number of nitrogens with two attached hydrogens (primary N) is 1. The summed E-state index contributed by atoms with van der Waals surface area (Å²) >= 11 is 6.27. The Labute approximate surface area is 162 Å². The van der Waals surface area contributed by atoms with Gasteiger partial charge in [-0.15, -0.1) is 0 Å². The van der Waals surface area contributed by atoms with E-state index in [1.54, 1.807) is 18.2 Å². The topological polar surface area (TPSA) is 105 Å². The van der Waals surface area contributed by atoms with Gasteiger partial charge in [-0.05, 0) is 24.5 Å². The van der Waals surface area contributed by atoms with Crippen LogP contribution in [-0.4, -0.2) is 51.9 Å². The molecule has 0 unspecified atom stereocenters. The van der Waals surface area contributed by atoms with Crippen LogP contribution in [0.5, 0.6) is 0 Å². The summed E-state index contributed by atoms with van der Waals surface area (Å²) in [7, 11) is 0. The Balaban J connectivity index is 2.11.